The summed E-state index contributed by atoms with van der Waals surface area (Å²) in [5.74, 6) is 5.90. The molecule has 3 N–H and O–H groups in total. The number of nitrogens with one attached hydrogen (secondary N) is 1. The largest absolute Gasteiger partial charge is 0.271 e. The van der Waals surface area contributed by atoms with Gasteiger partial charge in [-0.2, -0.15) is 0 Å². The zero-order valence-corrected chi connectivity index (χ0v) is 10.5. The van der Waals surface area contributed by atoms with Crippen molar-refractivity contribution in [3.63, 3.8) is 0 Å². The number of benzene rings is 1. The maximum Gasteiger partial charge on any atom is 0.129 e. The van der Waals surface area contributed by atoms with Crippen LogP contribution in [0.5, 0.6) is 0 Å². The molecule has 1 atom stereocenters. The minimum absolute atomic E-state index is 0.188. The molecular formula is C13H18ClFN2. The Labute approximate surface area is 106 Å². The van der Waals surface area contributed by atoms with Crippen molar-refractivity contribution in [2.45, 2.75) is 38.1 Å². The van der Waals surface area contributed by atoms with Gasteiger partial charge in [0.05, 0.1) is 6.04 Å². The zero-order valence-electron chi connectivity index (χ0n) is 9.76. The number of rotatable bonds is 4. The van der Waals surface area contributed by atoms with Crippen molar-refractivity contribution < 1.29 is 4.39 Å². The van der Waals surface area contributed by atoms with Gasteiger partial charge in [0.25, 0.3) is 0 Å². The van der Waals surface area contributed by atoms with E-state index in [1.807, 2.05) is 0 Å². The van der Waals surface area contributed by atoms with Gasteiger partial charge in [0.2, 0.25) is 0 Å². The van der Waals surface area contributed by atoms with Crippen LogP contribution in [0.25, 0.3) is 0 Å². The van der Waals surface area contributed by atoms with Crippen LogP contribution in [-0.4, -0.2) is 0 Å². The van der Waals surface area contributed by atoms with Crippen LogP contribution in [-0.2, 0) is 0 Å². The van der Waals surface area contributed by atoms with Gasteiger partial charge in [0.1, 0.15) is 5.82 Å². The Bertz CT molecular complexity index is 357. The second-order valence-electron chi connectivity index (χ2n) is 4.74. The molecule has 1 unspecified atom stereocenters. The normalized spacial score (nSPS) is 18.5. The van der Waals surface area contributed by atoms with Crippen molar-refractivity contribution in [2.24, 2.45) is 11.8 Å². The lowest BCUT2D eigenvalue weighted by molar-refractivity contribution is 0.390. The smallest absolute Gasteiger partial charge is 0.129 e. The lowest BCUT2D eigenvalue weighted by Gasteiger charge is -2.21. The molecule has 0 radical (unpaired) electrons. The highest BCUT2D eigenvalue weighted by Crippen LogP contribution is 2.35. The minimum Gasteiger partial charge on any atom is -0.271 e. The monoisotopic (exact) mass is 256 g/mol. The van der Waals surface area contributed by atoms with Crippen molar-refractivity contribution in [3.05, 3.63) is 34.6 Å². The standard InChI is InChI=1S/C13H18ClFN2/c14-10-6-3-7-11(15)13(10)12(17-16)8-9-4-1-2-5-9/h3,6-7,9,12,17H,1-2,4-5,8,16H2. The van der Waals surface area contributed by atoms with E-state index in [0.717, 1.165) is 6.42 Å². The second kappa shape index (κ2) is 5.80. The summed E-state index contributed by atoms with van der Waals surface area (Å²) in [6.07, 6.45) is 5.82. The Morgan fingerprint density at radius 2 is 2.12 bits per heavy atom. The van der Waals surface area contributed by atoms with Crippen LogP contribution in [0.4, 0.5) is 4.39 Å². The van der Waals surface area contributed by atoms with E-state index in [2.05, 4.69) is 5.43 Å². The van der Waals surface area contributed by atoms with Gasteiger partial charge >= 0.3 is 0 Å². The van der Waals surface area contributed by atoms with Gasteiger partial charge in [-0.3, -0.25) is 11.3 Å². The molecule has 0 spiro atoms. The van der Waals surface area contributed by atoms with Gasteiger partial charge in [-0.05, 0) is 24.5 Å². The Morgan fingerprint density at radius 3 is 2.71 bits per heavy atom. The van der Waals surface area contributed by atoms with E-state index in [1.165, 1.54) is 31.7 Å². The summed E-state index contributed by atoms with van der Waals surface area (Å²) in [5, 5.41) is 0.450. The molecule has 1 fully saturated rings. The van der Waals surface area contributed by atoms with E-state index < -0.39 is 0 Å². The Kier molecular flexibility index (Phi) is 4.37. The van der Waals surface area contributed by atoms with E-state index >= 15 is 0 Å². The van der Waals surface area contributed by atoms with Gasteiger partial charge in [-0.15, -0.1) is 0 Å². The Morgan fingerprint density at radius 1 is 1.41 bits per heavy atom. The zero-order chi connectivity index (χ0) is 12.3. The van der Waals surface area contributed by atoms with Gasteiger partial charge in [-0.25, -0.2) is 4.39 Å². The lowest BCUT2D eigenvalue weighted by Crippen LogP contribution is -2.30. The molecular weight excluding hydrogens is 239 g/mol. The molecule has 4 heteroatoms. The van der Waals surface area contributed by atoms with Crippen LogP contribution < -0.4 is 11.3 Å². The van der Waals surface area contributed by atoms with Crippen molar-refractivity contribution in [3.8, 4) is 0 Å². The molecule has 1 aromatic carbocycles. The fourth-order valence-corrected chi connectivity index (χ4v) is 2.99. The summed E-state index contributed by atoms with van der Waals surface area (Å²) in [7, 11) is 0. The quantitative estimate of drug-likeness (QED) is 0.639. The van der Waals surface area contributed by atoms with Crippen LogP contribution in [0.2, 0.25) is 5.02 Å². The van der Waals surface area contributed by atoms with E-state index in [0.29, 0.717) is 16.5 Å². The summed E-state index contributed by atoms with van der Waals surface area (Å²) in [6, 6.07) is 4.57. The molecule has 1 aromatic rings. The van der Waals surface area contributed by atoms with Crippen molar-refractivity contribution in [1.82, 2.24) is 5.43 Å². The number of hydrogen-bond donors (Lipinski definition) is 2. The Balaban J connectivity index is 2.16. The van der Waals surface area contributed by atoms with E-state index in [4.69, 9.17) is 17.4 Å². The molecule has 0 aromatic heterocycles. The first-order valence-corrected chi connectivity index (χ1v) is 6.50. The molecule has 2 rings (SSSR count). The molecule has 94 valence electrons. The first kappa shape index (κ1) is 12.8. The van der Waals surface area contributed by atoms with Crippen LogP contribution in [0.3, 0.4) is 0 Å². The Hall–Kier alpha value is -0.640. The third-order valence-corrected chi connectivity index (χ3v) is 3.92. The summed E-state index contributed by atoms with van der Waals surface area (Å²) in [5.41, 5.74) is 3.21. The molecule has 0 heterocycles. The van der Waals surface area contributed by atoms with Crippen molar-refractivity contribution in [2.75, 3.05) is 0 Å². The predicted octanol–water partition coefficient (Wildman–Crippen LogP) is 3.56. The van der Waals surface area contributed by atoms with Crippen molar-refractivity contribution >= 4 is 11.6 Å². The van der Waals surface area contributed by atoms with Gasteiger partial charge in [0.15, 0.2) is 0 Å². The van der Waals surface area contributed by atoms with E-state index in [9.17, 15) is 4.39 Å². The van der Waals surface area contributed by atoms with Crippen LogP contribution in [0.15, 0.2) is 18.2 Å². The topological polar surface area (TPSA) is 38.0 Å². The van der Waals surface area contributed by atoms with Crippen LogP contribution >= 0.6 is 11.6 Å². The third-order valence-electron chi connectivity index (χ3n) is 3.59. The molecule has 2 nitrogen and oxygen atoms in total. The average molecular weight is 257 g/mol. The van der Waals surface area contributed by atoms with E-state index in [-0.39, 0.29) is 11.9 Å². The second-order valence-corrected chi connectivity index (χ2v) is 5.15. The first-order valence-electron chi connectivity index (χ1n) is 6.12. The molecule has 0 aliphatic heterocycles. The molecule has 1 aliphatic rings. The predicted molar refractivity (Wildman–Crippen MR) is 68.0 cm³/mol. The SMILES string of the molecule is NNC(CC1CCCC1)c1c(F)cccc1Cl. The highest BCUT2D eigenvalue weighted by molar-refractivity contribution is 6.31. The third kappa shape index (κ3) is 2.97. The molecule has 0 bridgehead atoms. The summed E-state index contributed by atoms with van der Waals surface area (Å²) in [4.78, 5) is 0. The molecule has 1 aliphatic carbocycles. The van der Waals surface area contributed by atoms with Gasteiger partial charge < -0.3 is 0 Å². The number of halogens is 2. The van der Waals surface area contributed by atoms with Gasteiger partial charge in [0, 0.05) is 10.6 Å². The van der Waals surface area contributed by atoms with E-state index in [1.54, 1.807) is 12.1 Å². The van der Waals surface area contributed by atoms with Crippen LogP contribution in [0, 0.1) is 11.7 Å². The van der Waals surface area contributed by atoms with Gasteiger partial charge in [-0.1, -0.05) is 43.4 Å². The number of nitrogens with two attached hydrogens (primary N) is 1. The first-order chi connectivity index (χ1) is 8.22. The fourth-order valence-electron chi connectivity index (χ4n) is 2.69. The maximum absolute atomic E-state index is 13.8. The minimum atomic E-state index is -0.279. The number of hydrogen-bond acceptors (Lipinski definition) is 2. The lowest BCUT2D eigenvalue weighted by atomic mass is 9.93. The highest BCUT2D eigenvalue weighted by Gasteiger charge is 2.24. The molecule has 1 saturated carbocycles. The highest BCUT2D eigenvalue weighted by atomic mass is 35.5. The average Bonchev–Trinajstić information content (AvgIpc) is 2.80. The van der Waals surface area contributed by atoms with Crippen molar-refractivity contribution in [1.29, 1.82) is 0 Å². The maximum atomic E-state index is 13.8. The molecule has 0 amide bonds. The molecule has 17 heavy (non-hydrogen) atoms. The summed E-state index contributed by atoms with van der Waals surface area (Å²) >= 11 is 6.05. The number of hydrazine groups is 1. The summed E-state index contributed by atoms with van der Waals surface area (Å²) < 4.78 is 13.8. The summed E-state index contributed by atoms with van der Waals surface area (Å²) in [6.45, 7) is 0. The fraction of sp³-hybridized carbons (Fsp3) is 0.538. The molecule has 0 saturated heterocycles. The van der Waals surface area contributed by atoms with Crippen LogP contribution in [0.1, 0.15) is 43.7 Å².